The summed E-state index contributed by atoms with van der Waals surface area (Å²) in [6.07, 6.45) is 1.59. The van der Waals surface area contributed by atoms with Crippen LogP contribution in [0.5, 0.6) is 11.5 Å². The zero-order valence-electron chi connectivity index (χ0n) is 14.8. The van der Waals surface area contributed by atoms with Gasteiger partial charge >= 0.3 is 0 Å². The molecule has 2 N–H and O–H groups in total. The Hall–Kier alpha value is -3.40. The van der Waals surface area contributed by atoms with Crippen molar-refractivity contribution in [1.82, 2.24) is 19.6 Å². The maximum absolute atomic E-state index is 11.9. The number of hydrogen-bond donors (Lipinski definition) is 1. The molecule has 1 aliphatic rings. The van der Waals surface area contributed by atoms with Crippen LogP contribution in [0.4, 0.5) is 5.95 Å². The molecule has 1 aliphatic heterocycles. The van der Waals surface area contributed by atoms with E-state index in [9.17, 15) is 8.42 Å². The lowest BCUT2D eigenvalue weighted by molar-refractivity contribution is 0.174. The molecule has 142 valence electrons. The molecule has 10 heteroatoms. The molecule has 9 nitrogen and oxygen atoms in total. The van der Waals surface area contributed by atoms with Gasteiger partial charge in [0.05, 0.1) is 10.4 Å². The van der Waals surface area contributed by atoms with Gasteiger partial charge in [0, 0.05) is 18.1 Å². The Morgan fingerprint density at radius 1 is 1.11 bits per heavy atom. The highest BCUT2D eigenvalue weighted by molar-refractivity contribution is 7.90. The fourth-order valence-corrected chi connectivity index (χ4v) is 3.88. The van der Waals surface area contributed by atoms with E-state index in [0.717, 1.165) is 11.8 Å². The average Bonchev–Trinajstić information content (AvgIpc) is 3.26. The first kappa shape index (κ1) is 16.8. The number of fused-ring (bicyclic) bond motifs is 4. The Bertz CT molecular complexity index is 1360. The Morgan fingerprint density at radius 2 is 1.93 bits per heavy atom. The van der Waals surface area contributed by atoms with E-state index in [1.54, 1.807) is 16.6 Å². The first-order valence-electron chi connectivity index (χ1n) is 8.42. The zero-order valence-corrected chi connectivity index (χ0v) is 15.6. The molecule has 2 aromatic heterocycles. The number of ether oxygens (including phenoxy) is 2. The first-order valence-corrected chi connectivity index (χ1v) is 10.3. The molecule has 0 fully saturated rings. The summed E-state index contributed by atoms with van der Waals surface area (Å²) in [6.45, 7) is 0.200. The average molecular weight is 397 g/mol. The molecule has 4 aromatic rings. The Labute approximate surface area is 159 Å². The Morgan fingerprint density at radius 3 is 2.75 bits per heavy atom. The van der Waals surface area contributed by atoms with Crippen LogP contribution in [0.25, 0.3) is 16.6 Å². The van der Waals surface area contributed by atoms with E-state index >= 15 is 0 Å². The second-order valence-corrected chi connectivity index (χ2v) is 8.56. The number of nitrogens with zero attached hydrogens (tertiary/aromatic N) is 4. The predicted octanol–water partition coefficient (Wildman–Crippen LogP) is 1.58. The summed E-state index contributed by atoms with van der Waals surface area (Å²) in [5, 5.41) is 4.92. The molecular weight excluding hydrogens is 382 g/mol. The zero-order chi connectivity index (χ0) is 19.5. The van der Waals surface area contributed by atoms with Crippen molar-refractivity contribution in [1.29, 1.82) is 0 Å². The molecular formula is C18H15N5O4S. The molecule has 0 atom stereocenters. The van der Waals surface area contributed by atoms with Gasteiger partial charge in [0.15, 0.2) is 27.0 Å². The van der Waals surface area contributed by atoms with Gasteiger partial charge in [0.25, 0.3) is 0 Å². The van der Waals surface area contributed by atoms with Crippen molar-refractivity contribution in [3.8, 4) is 11.5 Å². The second kappa shape index (κ2) is 5.80. The van der Waals surface area contributed by atoms with Gasteiger partial charge in [0.2, 0.25) is 12.7 Å². The molecule has 0 bridgehead atoms. The Balaban J connectivity index is 1.69. The molecule has 2 aromatic carbocycles. The van der Waals surface area contributed by atoms with Gasteiger partial charge in [-0.25, -0.2) is 13.4 Å². The second-order valence-electron chi connectivity index (χ2n) is 6.55. The van der Waals surface area contributed by atoms with Crippen molar-refractivity contribution in [3.05, 3.63) is 47.8 Å². The normalized spacial score (nSPS) is 13.5. The van der Waals surface area contributed by atoms with Gasteiger partial charge in [-0.1, -0.05) is 6.07 Å². The van der Waals surface area contributed by atoms with Gasteiger partial charge in [-0.15, -0.1) is 5.10 Å². The van der Waals surface area contributed by atoms with Crippen molar-refractivity contribution in [2.24, 2.45) is 0 Å². The lowest BCUT2D eigenvalue weighted by Gasteiger charge is -2.08. The fraction of sp³-hybridized carbons (Fsp3) is 0.167. The first-order chi connectivity index (χ1) is 13.4. The molecule has 0 amide bonds. The van der Waals surface area contributed by atoms with Crippen molar-refractivity contribution < 1.29 is 17.9 Å². The number of hydrogen-bond acceptors (Lipinski definition) is 8. The van der Waals surface area contributed by atoms with Gasteiger partial charge in [0.1, 0.15) is 5.82 Å². The lowest BCUT2D eigenvalue weighted by Crippen LogP contribution is -2.06. The smallest absolute Gasteiger partial charge is 0.240 e. The maximum Gasteiger partial charge on any atom is 0.240 e. The van der Waals surface area contributed by atoms with E-state index in [2.05, 4.69) is 15.1 Å². The van der Waals surface area contributed by atoms with E-state index in [1.165, 1.54) is 6.07 Å². The molecule has 0 saturated carbocycles. The van der Waals surface area contributed by atoms with Crippen LogP contribution in [-0.4, -0.2) is 41.0 Å². The molecule has 5 rings (SSSR count). The van der Waals surface area contributed by atoms with Crippen LogP contribution in [-0.2, 0) is 16.3 Å². The molecule has 0 radical (unpaired) electrons. The van der Waals surface area contributed by atoms with E-state index in [1.807, 2.05) is 18.2 Å². The van der Waals surface area contributed by atoms with Gasteiger partial charge < -0.3 is 15.2 Å². The van der Waals surface area contributed by atoms with E-state index in [0.29, 0.717) is 40.3 Å². The van der Waals surface area contributed by atoms with Crippen LogP contribution in [0.1, 0.15) is 11.4 Å². The third kappa shape index (κ3) is 2.69. The summed E-state index contributed by atoms with van der Waals surface area (Å²) in [7, 11) is -3.36. The number of aromatic nitrogens is 4. The van der Waals surface area contributed by atoms with Crippen LogP contribution in [0.15, 0.2) is 41.3 Å². The molecule has 0 unspecified atom stereocenters. The van der Waals surface area contributed by atoms with Crippen LogP contribution < -0.4 is 15.2 Å². The minimum absolute atomic E-state index is 0.119. The molecule has 0 aliphatic carbocycles. The fourth-order valence-electron chi connectivity index (χ4n) is 3.24. The van der Waals surface area contributed by atoms with Crippen molar-refractivity contribution >= 4 is 32.3 Å². The van der Waals surface area contributed by atoms with Crippen LogP contribution in [0.2, 0.25) is 0 Å². The summed E-state index contributed by atoms with van der Waals surface area (Å²) >= 11 is 0. The summed E-state index contributed by atoms with van der Waals surface area (Å²) in [5.74, 6) is 2.07. The highest BCUT2D eigenvalue weighted by Crippen LogP contribution is 2.33. The number of sulfone groups is 1. The Kier molecular flexibility index (Phi) is 3.47. The van der Waals surface area contributed by atoms with E-state index < -0.39 is 9.84 Å². The SMILES string of the molecule is CS(=O)(=O)c1ccc2c(c1)nc(Cc1ccc3c(c1)OCO3)n1nc(N)nc21. The topological polar surface area (TPSA) is 122 Å². The standard InChI is InChI=1S/C18H15N5O4S/c1-28(24,25)11-3-4-12-13(8-11)20-16(23-17(12)21-18(19)22-23)7-10-2-5-14-15(6-10)27-9-26-14/h2-6,8H,7,9H2,1H3,(H2,19,22). The summed E-state index contributed by atoms with van der Waals surface area (Å²) in [6, 6.07) is 10.4. The maximum atomic E-state index is 11.9. The predicted molar refractivity (Wildman–Crippen MR) is 101 cm³/mol. The quantitative estimate of drug-likeness (QED) is 0.553. The van der Waals surface area contributed by atoms with E-state index in [4.69, 9.17) is 15.2 Å². The highest BCUT2D eigenvalue weighted by Gasteiger charge is 2.18. The number of anilines is 1. The molecule has 0 saturated heterocycles. The van der Waals surface area contributed by atoms with Crippen molar-refractivity contribution in [2.45, 2.75) is 11.3 Å². The molecule has 0 spiro atoms. The summed E-state index contributed by atoms with van der Waals surface area (Å²) in [5.41, 5.74) is 7.79. The molecule has 28 heavy (non-hydrogen) atoms. The van der Waals surface area contributed by atoms with Gasteiger partial charge in [-0.05, 0) is 35.9 Å². The minimum atomic E-state index is -3.36. The van der Waals surface area contributed by atoms with Crippen molar-refractivity contribution in [2.75, 3.05) is 18.8 Å². The number of nitrogens with two attached hydrogens (primary N) is 1. The summed E-state index contributed by atoms with van der Waals surface area (Å²) in [4.78, 5) is 9.13. The monoisotopic (exact) mass is 397 g/mol. The van der Waals surface area contributed by atoms with Gasteiger partial charge in [-0.3, -0.25) is 0 Å². The van der Waals surface area contributed by atoms with Crippen LogP contribution >= 0.6 is 0 Å². The minimum Gasteiger partial charge on any atom is -0.454 e. The van der Waals surface area contributed by atoms with Crippen molar-refractivity contribution in [3.63, 3.8) is 0 Å². The largest absolute Gasteiger partial charge is 0.454 e. The summed E-state index contributed by atoms with van der Waals surface area (Å²) < 4.78 is 36.2. The lowest BCUT2D eigenvalue weighted by atomic mass is 10.1. The van der Waals surface area contributed by atoms with E-state index in [-0.39, 0.29) is 17.6 Å². The third-order valence-electron chi connectivity index (χ3n) is 4.55. The van der Waals surface area contributed by atoms with Crippen LogP contribution in [0.3, 0.4) is 0 Å². The van der Waals surface area contributed by atoms with Gasteiger partial charge in [-0.2, -0.15) is 9.50 Å². The number of rotatable bonds is 3. The molecule has 3 heterocycles. The number of benzene rings is 2. The number of nitrogen functional groups attached to an aromatic ring is 1. The third-order valence-corrected chi connectivity index (χ3v) is 5.67. The van der Waals surface area contributed by atoms with Crippen LogP contribution in [0, 0.1) is 0 Å². The highest BCUT2D eigenvalue weighted by atomic mass is 32.2.